The number of nitrogens with one attached hydrogen (secondary N) is 2. The van der Waals surface area contributed by atoms with E-state index in [1.54, 1.807) is 24.4 Å². The number of carbonyl (C=O) groups is 1. The first kappa shape index (κ1) is 13.6. The molecule has 1 aromatic carbocycles. The second-order valence-electron chi connectivity index (χ2n) is 4.75. The van der Waals surface area contributed by atoms with Crippen molar-refractivity contribution in [2.75, 3.05) is 6.54 Å². The molecule has 0 spiro atoms. The van der Waals surface area contributed by atoms with Gasteiger partial charge in [-0.3, -0.25) is 0 Å². The fraction of sp³-hybridized carbons (Fsp3) is 0.400. The Balaban J connectivity index is 1.69. The SMILES string of the molecule is O=C(NC=C1CCCC1)NCCc1ccccc1F. The quantitative estimate of drug-likeness (QED) is 0.860. The predicted octanol–water partition coefficient (Wildman–Crippen LogP) is 3.13. The summed E-state index contributed by atoms with van der Waals surface area (Å²) in [5, 5.41) is 5.44. The number of halogens is 1. The third-order valence-electron chi connectivity index (χ3n) is 3.29. The maximum absolute atomic E-state index is 13.3. The zero-order chi connectivity index (χ0) is 13.5. The van der Waals surface area contributed by atoms with Crippen molar-refractivity contribution < 1.29 is 9.18 Å². The first-order chi connectivity index (χ1) is 9.25. The summed E-state index contributed by atoms with van der Waals surface area (Å²) in [6, 6.07) is 6.39. The minimum absolute atomic E-state index is 0.224. The molecule has 0 atom stereocenters. The zero-order valence-electron chi connectivity index (χ0n) is 10.9. The Morgan fingerprint density at radius 2 is 2.00 bits per heavy atom. The highest BCUT2D eigenvalue weighted by molar-refractivity contribution is 5.74. The Hall–Kier alpha value is -1.84. The predicted molar refractivity (Wildman–Crippen MR) is 73.2 cm³/mol. The standard InChI is InChI=1S/C15H19FN2O/c16-14-8-4-3-7-13(14)9-10-17-15(19)18-11-12-5-1-2-6-12/h3-4,7-8,11H,1-2,5-6,9-10H2,(H2,17,18,19). The molecule has 0 unspecified atom stereocenters. The number of allylic oxidation sites excluding steroid dienone is 1. The molecule has 4 heteroatoms. The zero-order valence-corrected chi connectivity index (χ0v) is 10.9. The number of urea groups is 1. The molecule has 2 rings (SSSR count). The van der Waals surface area contributed by atoms with Crippen LogP contribution in [0.15, 0.2) is 36.0 Å². The molecule has 1 fully saturated rings. The molecule has 0 aliphatic heterocycles. The van der Waals surface area contributed by atoms with E-state index >= 15 is 0 Å². The van der Waals surface area contributed by atoms with Gasteiger partial charge in [0.1, 0.15) is 5.82 Å². The fourth-order valence-electron chi connectivity index (χ4n) is 2.20. The van der Waals surface area contributed by atoms with Gasteiger partial charge in [-0.15, -0.1) is 0 Å². The van der Waals surface area contributed by atoms with Crippen LogP contribution in [0, 0.1) is 5.82 Å². The van der Waals surface area contributed by atoms with Gasteiger partial charge < -0.3 is 10.6 Å². The van der Waals surface area contributed by atoms with E-state index in [-0.39, 0.29) is 11.8 Å². The molecule has 1 aliphatic rings. The van der Waals surface area contributed by atoms with Gasteiger partial charge in [0.05, 0.1) is 0 Å². The maximum Gasteiger partial charge on any atom is 0.318 e. The lowest BCUT2D eigenvalue weighted by atomic mass is 10.1. The summed E-state index contributed by atoms with van der Waals surface area (Å²) < 4.78 is 13.3. The fourth-order valence-corrected chi connectivity index (χ4v) is 2.20. The molecule has 2 amide bonds. The number of rotatable bonds is 4. The Kier molecular flexibility index (Phi) is 4.95. The largest absolute Gasteiger partial charge is 0.338 e. The first-order valence-corrected chi connectivity index (χ1v) is 6.71. The van der Waals surface area contributed by atoms with Crippen LogP contribution in [0.1, 0.15) is 31.2 Å². The summed E-state index contributed by atoms with van der Waals surface area (Å²) in [6.07, 6.45) is 6.87. The molecule has 1 aromatic rings. The summed E-state index contributed by atoms with van der Waals surface area (Å²) in [5.41, 5.74) is 1.92. The van der Waals surface area contributed by atoms with Gasteiger partial charge in [-0.25, -0.2) is 9.18 Å². The van der Waals surface area contributed by atoms with Crippen LogP contribution in [0.25, 0.3) is 0 Å². The minimum Gasteiger partial charge on any atom is -0.338 e. The summed E-state index contributed by atoms with van der Waals surface area (Å²) >= 11 is 0. The number of hydrogen-bond acceptors (Lipinski definition) is 1. The van der Waals surface area contributed by atoms with Crippen molar-refractivity contribution in [2.24, 2.45) is 0 Å². The van der Waals surface area contributed by atoms with E-state index in [0.29, 0.717) is 18.5 Å². The molecule has 102 valence electrons. The van der Waals surface area contributed by atoms with E-state index in [4.69, 9.17) is 0 Å². The van der Waals surface area contributed by atoms with Crippen molar-refractivity contribution in [1.29, 1.82) is 0 Å². The third kappa shape index (κ3) is 4.39. The van der Waals surface area contributed by atoms with Crippen molar-refractivity contribution in [2.45, 2.75) is 32.1 Å². The minimum atomic E-state index is -0.226. The van der Waals surface area contributed by atoms with Crippen molar-refractivity contribution in [3.8, 4) is 0 Å². The Bertz CT molecular complexity index is 463. The molecule has 0 radical (unpaired) electrons. The highest BCUT2D eigenvalue weighted by Gasteiger charge is 2.07. The lowest BCUT2D eigenvalue weighted by Gasteiger charge is -2.06. The van der Waals surface area contributed by atoms with Gasteiger partial charge in [-0.1, -0.05) is 23.8 Å². The molecule has 0 saturated heterocycles. The Morgan fingerprint density at radius 3 is 2.74 bits per heavy atom. The lowest BCUT2D eigenvalue weighted by molar-refractivity contribution is 0.244. The molecular formula is C15H19FN2O. The van der Waals surface area contributed by atoms with Crippen LogP contribution in [-0.2, 0) is 6.42 Å². The highest BCUT2D eigenvalue weighted by Crippen LogP contribution is 2.22. The van der Waals surface area contributed by atoms with E-state index in [9.17, 15) is 9.18 Å². The van der Waals surface area contributed by atoms with E-state index in [1.165, 1.54) is 24.5 Å². The monoisotopic (exact) mass is 262 g/mol. The van der Waals surface area contributed by atoms with Gasteiger partial charge in [0, 0.05) is 12.7 Å². The van der Waals surface area contributed by atoms with Gasteiger partial charge >= 0.3 is 6.03 Å². The van der Waals surface area contributed by atoms with Gasteiger partial charge in [-0.05, 0) is 43.7 Å². The van der Waals surface area contributed by atoms with Crippen molar-refractivity contribution >= 4 is 6.03 Å². The lowest BCUT2D eigenvalue weighted by Crippen LogP contribution is -2.33. The van der Waals surface area contributed by atoms with Gasteiger partial charge in [0.2, 0.25) is 0 Å². The van der Waals surface area contributed by atoms with Crippen LogP contribution in [-0.4, -0.2) is 12.6 Å². The topological polar surface area (TPSA) is 41.1 Å². The van der Waals surface area contributed by atoms with E-state index < -0.39 is 0 Å². The van der Waals surface area contributed by atoms with Crippen LogP contribution < -0.4 is 10.6 Å². The van der Waals surface area contributed by atoms with Gasteiger partial charge in [-0.2, -0.15) is 0 Å². The summed E-state index contributed by atoms with van der Waals surface area (Å²) in [5.74, 6) is -0.224. The van der Waals surface area contributed by atoms with Crippen molar-refractivity contribution in [3.05, 3.63) is 47.4 Å². The molecule has 2 N–H and O–H groups in total. The van der Waals surface area contributed by atoms with E-state index in [0.717, 1.165) is 12.8 Å². The van der Waals surface area contributed by atoms with E-state index in [2.05, 4.69) is 10.6 Å². The Morgan fingerprint density at radius 1 is 1.26 bits per heavy atom. The second-order valence-corrected chi connectivity index (χ2v) is 4.75. The van der Waals surface area contributed by atoms with E-state index in [1.807, 2.05) is 0 Å². The smallest absolute Gasteiger partial charge is 0.318 e. The van der Waals surface area contributed by atoms with Crippen LogP contribution in [0.2, 0.25) is 0 Å². The van der Waals surface area contributed by atoms with Crippen LogP contribution in [0.3, 0.4) is 0 Å². The summed E-state index contributed by atoms with van der Waals surface area (Å²) in [7, 11) is 0. The van der Waals surface area contributed by atoms with Crippen molar-refractivity contribution in [1.82, 2.24) is 10.6 Å². The van der Waals surface area contributed by atoms with Crippen molar-refractivity contribution in [3.63, 3.8) is 0 Å². The molecule has 1 saturated carbocycles. The number of amides is 2. The molecule has 0 aromatic heterocycles. The third-order valence-corrected chi connectivity index (χ3v) is 3.29. The van der Waals surface area contributed by atoms with Gasteiger partial charge in [0.25, 0.3) is 0 Å². The number of benzene rings is 1. The van der Waals surface area contributed by atoms with Crippen LogP contribution in [0.4, 0.5) is 9.18 Å². The first-order valence-electron chi connectivity index (χ1n) is 6.71. The molecule has 0 heterocycles. The number of hydrogen-bond donors (Lipinski definition) is 2. The second kappa shape index (κ2) is 6.92. The molecular weight excluding hydrogens is 243 g/mol. The average Bonchev–Trinajstić information content (AvgIpc) is 2.92. The summed E-state index contributed by atoms with van der Waals surface area (Å²) in [4.78, 5) is 11.5. The van der Waals surface area contributed by atoms with Gasteiger partial charge in [0.15, 0.2) is 0 Å². The molecule has 0 bridgehead atoms. The summed E-state index contributed by atoms with van der Waals surface area (Å²) in [6.45, 7) is 0.427. The molecule has 1 aliphatic carbocycles. The van der Waals surface area contributed by atoms with Crippen LogP contribution in [0.5, 0.6) is 0 Å². The normalized spacial score (nSPS) is 14.3. The highest BCUT2D eigenvalue weighted by atomic mass is 19.1. The molecule has 19 heavy (non-hydrogen) atoms. The average molecular weight is 262 g/mol. The molecule has 3 nitrogen and oxygen atoms in total. The number of carbonyl (C=O) groups excluding carboxylic acids is 1. The maximum atomic E-state index is 13.3. The van der Waals surface area contributed by atoms with Crippen LogP contribution >= 0.6 is 0 Å². The Labute approximate surface area is 112 Å².